The zero-order valence-electron chi connectivity index (χ0n) is 17.5. The molecule has 2 aliphatic rings. The molecule has 166 valence electrons. The highest BCUT2D eigenvalue weighted by atomic mass is 32.2. The van der Waals surface area contributed by atoms with Gasteiger partial charge < -0.3 is 5.32 Å². The Morgan fingerprint density at radius 3 is 2.59 bits per heavy atom. The van der Waals surface area contributed by atoms with Crippen molar-refractivity contribution in [3.63, 3.8) is 0 Å². The molecule has 1 aromatic heterocycles. The number of carbonyl (C=O) groups is 1. The van der Waals surface area contributed by atoms with Crippen LogP contribution in [0.2, 0.25) is 0 Å². The number of hydrogen-bond acceptors (Lipinski definition) is 5. The van der Waals surface area contributed by atoms with Gasteiger partial charge in [-0.15, -0.1) is 0 Å². The van der Waals surface area contributed by atoms with E-state index >= 15 is 0 Å². The summed E-state index contributed by atoms with van der Waals surface area (Å²) < 4.78 is 29.2. The highest BCUT2D eigenvalue weighted by Crippen LogP contribution is 2.35. The van der Waals surface area contributed by atoms with Gasteiger partial charge in [0.1, 0.15) is 5.82 Å². The largest absolute Gasteiger partial charge is 0.326 e. The molecule has 0 saturated heterocycles. The lowest BCUT2D eigenvalue weighted by molar-refractivity contribution is -0.116. The molecule has 32 heavy (non-hydrogen) atoms. The van der Waals surface area contributed by atoms with E-state index in [1.807, 2.05) is 12.1 Å². The standard InChI is InChI=1S/C23H24N4O4S/c28-22(24-16-4-3-5-18(14-16)32(30,31)26-15-8-9-15)13-12-21-25-20-7-2-1-6-19(20)23(29)27(21)17-10-11-17/h1-7,14-15,17,26H,8-13H2,(H,24,28). The van der Waals surface area contributed by atoms with Gasteiger partial charge in [-0.2, -0.15) is 0 Å². The van der Waals surface area contributed by atoms with Crippen molar-refractivity contribution in [3.8, 4) is 0 Å². The number of anilines is 1. The second-order valence-electron chi connectivity index (χ2n) is 8.42. The molecule has 2 aromatic carbocycles. The molecule has 2 fully saturated rings. The summed E-state index contributed by atoms with van der Waals surface area (Å²) in [6, 6.07) is 13.6. The third kappa shape index (κ3) is 4.44. The third-order valence-electron chi connectivity index (χ3n) is 5.70. The van der Waals surface area contributed by atoms with Gasteiger partial charge in [0.2, 0.25) is 15.9 Å². The average Bonchev–Trinajstić information content (AvgIpc) is 3.69. The highest BCUT2D eigenvalue weighted by molar-refractivity contribution is 7.89. The van der Waals surface area contributed by atoms with E-state index in [0.29, 0.717) is 28.8 Å². The lowest BCUT2D eigenvalue weighted by Gasteiger charge is -2.13. The number of nitrogens with zero attached hydrogens (tertiary/aromatic N) is 2. The fourth-order valence-electron chi connectivity index (χ4n) is 3.76. The van der Waals surface area contributed by atoms with Crippen LogP contribution >= 0.6 is 0 Å². The maximum Gasteiger partial charge on any atom is 0.261 e. The van der Waals surface area contributed by atoms with Crippen molar-refractivity contribution in [2.24, 2.45) is 0 Å². The lowest BCUT2D eigenvalue weighted by Crippen LogP contribution is -2.26. The fraction of sp³-hybridized carbons (Fsp3) is 0.348. The Bertz CT molecular complexity index is 1360. The fourth-order valence-corrected chi connectivity index (χ4v) is 5.11. The highest BCUT2D eigenvalue weighted by Gasteiger charge is 2.29. The first-order valence-corrected chi connectivity index (χ1v) is 12.3. The molecule has 8 nitrogen and oxygen atoms in total. The quantitative estimate of drug-likeness (QED) is 0.546. The minimum Gasteiger partial charge on any atom is -0.326 e. The molecule has 2 aliphatic carbocycles. The van der Waals surface area contributed by atoms with Crippen LogP contribution in [0.5, 0.6) is 0 Å². The first kappa shape index (κ1) is 20.8. The molecule has 2 saturated carbocycles. The van der Waals surface area contributed by atoms with E-state index < -0.39 is 10.0 Å². The van der Waals surface area contributed by atoms with Gasteiger partial charge in [-0.05, 0) is 56.0 Å². The van der Waals surface area contributed by atoms with Crippen LogP contribution < -0.4 is 15.6 Å². The maximum atomic E-state index is 12.9. The van der Waals surface area contributed by atoms with E-state index in [4.69, 9.17) is 0 Å². The molecule has 0 radical (unpaired) electrons. The van der Waals surface area contributed by atoms with E-state index in [0.717, 1.165) is 25.7 Å². The molecule has 5 rings (SSSR count). The van der Waals surface area contributed by atoms with Gasteiger partial charge in [0.05, 0.1) is 15.8 Å². The number of carbonyl (C=O) groups excluding carboxylic acids is 1. The van der Waals surface area contributed by atoms with Gasteiger partial charge in [0.25, 0.3) is 5.56 Å². The van der Waals surface area contributed by atoms with Gasteiger partial charge in [-0.25, -0.2) is 18.1 Å². The Labute approximate surface area is 185 Å². The molecule has 0 aliphatic heterocycles. The van der Waals surface area contributed by atoms with Crippen LogP contribution in [0, 0.1) is 0 Å². The van der Waals surface area contributed by atoms with E-state index in [1.165, 1.54) is 12.1 Å². The first-order chi connectivity index (χ1) is 15.4. The zero-order valence-corrected chi connectivity index (χ0v) is 18.3. The number of fused-ring (bicyclic) bond motifs is 1. The normalized spacial score (nSPS) is 16.2. The summed E-state index contributed by atoms with van der Waals surface area (Å²) in [6.07, 6.45) is 4.04. The van der Waals surface area contributed by atoms with Crippen LogP contribution in [0.3, 0.4) is 0 Å². The van der Waals surface area contributed by atoms with Crippen LogP contribution in [0.4, 0.5) is 5.69 Å². The number of para-hydroxylation sites is 1. The van der Waals surface area contributed by atoms with Crippen molar-refractivity contribution in [1.29, 1.82) is 0 Å². The number of sulfonamides is 1. The Hall–Kier alpha value is -3.04. The number of amides is 1. The number of nitrogens with one attached hydrogen (secondary N) is 2. The molecule has 1 heterocycles. The zero-order chi connectivity index (χ0) is 22.3. The summed E-state index contributed by atoms with van der Waals surface area (Å²) in [7, 11) is -3.59. The number of rotatable bonds is 8. The Morgan fingerprint density at radius 1 is 1.06 bits per heavy atom. The van der Waals surface area contributed by atoms with Gasteiger partial charge >= 0.3 is 0 Å². The van der Waals surface area contributed by atoms with Gasteiger partial charge in [0, 0.05) is 30.6 Å². The van der Waals surface area contributed by atoms with E-state index in [2.05, 4.69) is 15.0 Å². The summed E-state index contributed by atoms with van der Waals surface area (Å²) in [4.78, 5) is 30.3. The molecular weight excluding hydrogens is 428 g/mol. The van der Waals surface area contributed by atoms with Crippen molar-refractivity contribution in [2.75, 3.05) is 5.32 Å². The van der Waals surface area contributed by atoms with Crippen LogP contribution in [0.25, 0.3) is 10.9 Å². The Kier molecular flexibility index (Phi) is 5.30. The number of aryl methyl sites for hydroxylation is 1. The lowest BCUT2D eigenvalue weighted by atomic mass is 10.2. The van der Waals surface area contributed by atoms with E-state index in [-0.39, 0.29) is 34.9 Å². The summed E-state index contributed by atoms with van der Waals surface area (Å²) in [5.74, 6) is 0.343. The van der Waals surface area contributed by atoms with Crippen molar-refractivity contribution >= 4 is 32.5 Å². The van der Waals surface area contributed by atoms with E-state index in [9.17, 15) is 18.0 Å². The van der Waals surface area contributed by atoms with Gasteiger partial charge in [0.15, 0.2) is 0 Å². The van der Waals surface area contributed by atoms with Crippen LogP contribution in [0.15, 0.2) is 58.2 Å². The number of hydrogen-bond donors (Lipinski definition) is 2. The molecule has 1 amide bonds. The number of aromatic nitrogens is 2. The van der Waals surface area contributed by atoms with Gasteiger partial charge in [-0.1, -0.05) is 18.2 Å². The molecule has 0 bridgehead atoms. The SMILES string of the molecule is O=C(CCc1nc2ccccc2c(=O)n1C1CC1)Nc1cccc(S(=O)(=O)NC2CC2)c1. The molecule has 9 heteroatoms. The molecule has 0 unspecified atom stereocenters. The predicted molar refractivity (Wildman–Crippen MR) is 121 cm³/mol. The summed E-state index contributed by atoms with van der Waals surface area (Å²) in [5, 5.41) is 3.35. The monoisotopic (exact) mass is 452 g/mol. The summed E-state index contributed by atoms with van der Waals surface area (Å²) in [5.41, 5.74) is 0.986. The smallest absolute Gasteiger partial charge is 0.261 e. The van der Waals surface area contributed by atoms with Crippen LogP contribution in [-0.4, -0.2) is 29.9 Å². The molecule has 0 atom stereocenters. The van der Waals surface area contributed by atoms with E-state index in [1.54, 1.807) is 28.8 Å². The van der Waals surface area contributed by atoms with Crippen molar-refractivity contribution in [1.82, 2.24) is 14.3 Å². The van der Waals surface area contributed by atoms with Crippen molar-refractivity contribution in [2.45, 2.75) is 55.5 Å². The predicted octanol–water partition coefficient (Wildman–Crippen LogP) is 2.74. The van der Waals surface area contributed by atoms with Crippen LogP contribution in [0.1, 0.15) is 44.0 Å². The minimum absolute atomic E-state index is 0.0109. The average molecular weight is 453 g/mol. The topological polar surface area (TPSA) is 110 Å². The second-order valence-corrected chi connectivity index (χ2v) is 10.1. The van der Waals surface area contributed by atoms with Gasteiger partial charge in [-0.3, -0.25) is 14.2 Å². The third-order valence-corrected chi connectivity index (χ3v) is 7.21. The molecule has 0 spiro atoms. The summed E-state index contributed by atoms with van der Waals surface area (Å²) in [6.45, 7) is 0. The Morgan fingerprint density at radius 2 is 1.84 bits per heavy atom. The number of benzene rings is 2. The van der Waals surface area contributed by atoms with Crippen LogP contribution in [-0.2, 0) is 21.2 Å². The minimum atomic E-state index is -3.59. The molecule has 2 N–H and O–H groups in total. The van der Waals surface area contributed by atoms with Crippen molar-refractivity contribution < 1.29 is 13.2 Å². The molecule has 3 aromatic rings. The maximum absolute atomic E-state index is 12.9. The van der Waals surface area contributed by atoms with Crippen molar-refractivity contribution in [3.05, 3.63) is 64.7 Å². The Balaban J connectivity index is 1.31. The first-order valence-electron chi connectivity index (χ1n) is 10.8. The molecular formula is C23H24N4O4S. The summed E-state index contributed by atoms with van der Waals surface area (Å²) >= 11 is 0. The second kappa shape index (κ2) is 8.14.